The van der Waals surface area contributed by atoms with Crippen molar-refractivity contribution >= 4 is 46.5 Å². The molecule has 0 saturated heterocycles. The molecule has 1 aromatic heterocycles. The number of rotatable bonds is 2. The van der Waals surface area contributed by atoms with Gasteiger partial charge in [-0.3, -0.25) is 4.79 Å². The number of amides is 1. The molecule has 0 fully saturated rings. The fourth-order valence-electron chi connectivity index (χ4n) is 1.33. The molecule has 0 saturated carbocycles. The van der Waals surface area contributed by atoms with Crippen LogP contribution in [-0.2, 0) is 0 Å². The van der Waals surface area contributed by atoms with E-state index in [0.717, 1.165) is 0 Å². The molecule has 1 aromatic carbocycles. The van der Waals surface area contributed by atoms with Gasteiger partial charge in [-0.15, -0.1) is 0 Å². The predicted molar refractivity (Wildman–Crippen MR) is 73.7 cm³/mol. The van der Waals surface area contributed by atoms with Crippen molar-refractivity contribution < 1.29 is 4.79 Å². The topological polar surface area (TPSA) is 42.0 Å². The maximum absolute atomic E-state index is 12.0. The van der Waals surface area contributed by atoms with Gasteiger partial charge in [-0.25, -0.2) is 4.98 Å². The highest BCUT2D eigenvalue weighted by molar-refractivity contribution is 6.36. The molecule has 6 heteroatoms. The number of benzene rings is 1. The van der Waals surface area contributed by atoms with Crippen LogP contribution in [0.25, 0.3) is 0 Å². The Bertz CT molecular complexity index is 602. The van der Waals surface area contributed by atoms with Crippen LogP contribution in [-0.4, -0.2) is 10.9 Å². The maximum atomic E-state index is 12.0. The number of pyridine rings is 1. The second-order valence-corrected chi connectivity index (χ2v) is 4.65. The molecule has 0 radical (unpaired) electrons. The minimum Gasteiger partial charge on any atom is -0.306 e. The van der Waals surface area contributed by atoms with Crippen molar-refractivity contribution in [1.29, 1.82) is 0 Å². The van der Waals surface area contributed by atoms with Crippen LogP contribution in [0.1, 0.15) is 10.4 Å². The number of nitrogens with one attached hydrogen (secondary N) is 1. The number of carbonyl (C=O) groups is 1. The molecule has 0 aliphatic heterocycles. The van der Waals surface area contributed by atoms with Gasteiger partial charge in [0.2, 0.25) is 0 Å². The van der Waals surface area contributed by atoms with Crippen LogP contribution in [0.3, 0.4) is 0 Å². The third-order valence-corrected chi connectivity index (χ3v) is 2.90. The average Bonchev–Trinajstić information content (AvgIpc) is 2.32. The molecule has 2 aromatic rings. The lowest BCUT2D eigenvalue weighted by atomic mass is 10.2. The fraction of sp³-hybridized carbons (Fsp3) is 0. The van der Waals surface area contributed by atoms with Crippen LogP contribution in [0.4, 0.5) is 5.82 Å². The van der Waals surface area contributed by atoms with E-state index in [0.29, 0.717) is 21.0 Å². The highest BCUT2D eigenvalue weighted by Crippen LogP contribution is 2.21. The summed E-state index contributed by atoms with van der Waals surface area (Å²) in [7, 11) is 0. The van der Waals surface area contributed by atoms with Crippen molar-refractivity contribution in [2.45, 2.75) is 0 Å². The van der Waals surface area contributed by atoms with E-state index in [1.54, 1.807) is 30.3 Å². The molecule has 3 nitrogen and oxygen atoms in total. The zero-order valence-electron chi connectivity index (χ0n) is 8.95. The van der Waals surface area contributed by atoms with Crippen LogP contribution in [0.2, 0.25) is 15.2 Å². The molecular weight excluding hydrogens is 295 g/mol. The molecule has 2 rings (SSSR count). The van der Waals surface area contributed by atoms with E-state index < -0.39 is 5.91 Å². The molecule has 92 valence electrons. The molecule has 1 heterocycles. The van der Waals surface area contributed by atoms with E-state index in [9.17, 15) is 4.79 Å². The number of aromatic nitrogens is 1. The summed E-state index contributed by atoms with van der Waals surface area (Å²) in [4.78, 5) is 15.9. The van der Waals surface area contributed by atoms with Crippen molar-refractivity contribution in [3.8, 4) is 0 Å². The summed E-state index contributed by atoms with van der Waals surface area (Å²) in [5.74, 6) is -0.0409. The first-order chi connectivity index (χ1) is 8.56. The Morgan fingerprint density at radius 2 is 1.89 bits per heavy atom. The summed E-state index contributed by atoms with van der Waals surface area (Å²) < 4.78 is 0. The van der Waals surface area contributed by atoms with Crippen molar-refractivity contribution in [2.75, 3.05) is 5.32 Å². The first kappa shape index (κ1) is 13.1. The predicted octanol–water partition coefficient (Wildman–Crippen LogP) is 4.29. The number of anilines is 1. The van der Waals surface area contributed by atoms with Gasteiger partial charge >= 0.3 is 0 Å². The summed E-state index contributed by atoms with van der Waals surface area (Å²) in [6.07, 6.45) is 0. The molecule has 0 unspecified atom stereocenters. The van der Waals surface area contributed by atoms with Gasteiger partial charge in [-0.2, -0.15) is 0 Å². The Labute approximate surface area is 119 Å². The average molecular weight is 302 g/mol. The maximum Gasteiger partial charge on any atom is 0.258 e. The third kappa shape index (κ3) is 3.13. The van der Waals surface area contributed by atoms with E-state index in [1.165, 1.54) is 6.07 Å². The molecule has 1 N–H and O–H groups in total. The first-order valence-electron chi connectivity index (χ1n) is 4.95. The number of nitrogens with zero attached hydrogens (tertiary/aromatic N) is 1. The Balaban J connectivity index is 2.24. The molecule has 0 atom stereocenters. The first-order valence-corrected chi connectivity index (χ1v) is 6.08. The summed E-state index contributed by atoms with van der Waals surface area (Å²) in [6.45, 7) is 0. The molecule has 0 spiro atoms. The molecular formula is C12H7Cl3N2O. The van der Waals surface area contributed by atoms with E-state index in [4.69, 9.17) is 34.8 Å². The van der Waals surface area contributed by atoms with Crippen LogP contribution in [0, 0.1) is 0 Å². The fourth-order valence-corrected chi connectivity index (χ4v) is 1.87. The van der Waals surface area contributed by atoms with E-state index >= 15 is 0 Å². The highest BCUT2D eigenvalue weighted by Gasteiger charge is 2.11. The third-order valence-electron chi connectivity index (χ3n) is 2.13. The normalized spacial score (nSPS) is 10.2. The molecule has 0 aliphatic carbocycles. The summed E-state index contributed by atoms with van der Waals surface area (Å²) in [6, 6.07) is 9.59. The lowest BCUT2D eigenvalue weighted by Crippen LogP contribution is -2.13. The van der Waals surface area contributed by atoms with Gasteiger partial charge in [0.25, 0.3) is 5.91 Å². The van der Waals surface area contributed by atoms with E-state index in [2.05, 4.69) is 10.3 Å². The largest absolute Gasteiger partial charge is 0.306 e. The second-order valence-electron chi connectivity index (χ2n) is 3.42. The van der Waals surface area contributed by atoms with Gasteiger partial charge < -0.3 is 5.32 Å². The summed E-state index contributed by atoms with van der Waals surface area (Å²) in [5.41, 5.74) is 0.283. The van der Waals surface area contributed by atoms with Gasteiger partial charge in [-0.1, -0.05) is 40.9 Å². The quantitative estimate of drug-likeness (QED) is 0.841. The molecule has 1 amide bonds. The zero-order chi connectivity index (χ0) is 13.1. The van der Waals surface area contributed by atoms with Crippen LogP contribution < -0.4 is 5.32 Å². The standard InChI is InChI=1S/C12H7Cl3N2O/c13-7-4-5-9(14)8(6-7)12(18)17-11-3-1-2-10(15)16-11/h1-6H,(H,16,17,18). The summed E-state index contributed by atoms with van der Waals surface area (Å²) in [5, 5.41) is 3.64. The van der Waals surface area contributed by atoms with Gasteiger partial charge in [0.15, 0.2) is 0 Å². The molecule has 0 bridgehead atoms. The minimum absolute atomic E-state index is 0.283. The Hall–Kier alpha value is -1.29. The molecule has 18 heavy (non-hydrogen) atoms. The van der Waals surface area contributed by atoms with Crippen molar-refractivity contribution in [1.82, 2.24) is 4.98 Å². The Morgan fingerprint density at radius 1 is 1.11 bits per heavy atom. The van der Waals surface area contributed by atoms with Crippen LogP contribution in [0.15, 0.2) is 36.4 Å². The lowest BCUT2D eigenvalue weighted by molar-refractivity contribution is 0.102. The van der Waals surface area contributed by atoms with Crippen LogP contribution >= 0.6 is 34.8 Å². The zero-order valence-corrected chi connectivity index (χ0v) is 11.2. The smallest absolute Gasteiger partial charge is 0.258 e. The number of carbonyl (C=O) groups excluding carboxylic acids is 1. The van der Waals surface area contributed by atoms with Crippen LogP contribution in [0.5, 0.6) is 0 Å². The number of halogens is 3. The van der Waals surface area contributed by atoms with Gasteiger partial charge in [0.1, 0.15) is 11.0 Å². The van der Waals surface area contributed by atoms with Crippen molar-refractivity contribution in [3.63, 3.8) is 0 Å². The van der Waals surface area contributed by atoms with Crippen molar-refractivity contribution in [2.24, 2.45) is 0 Å². The second kappa shape index (κ2) is 5.57. The minimum atomic E-state index is -0.391. The number of hydrogen-bond acceptors (Lipinski definition) is 2. The molecule has 0 aliphatic rings. The van der Waals surface area contributed by atoms with Gasteiger partial charge in [0, 0.05) is 5.02 Å². The summed E-state index contributed by atoms with van der Waals surface area (Å²) >= 11 is 17.5. The van der Waals surface area contributed by atoms with E-state index in [-0.39, 0.29) is 5.56 Å². The number of hydrogen-bond donors (Lipinski definition) is 1. The van der Waals surface area contributed by atoms with E-state index in [1.807, 2.05) is 0 Å². The Morgan fingerprint density at radius 3 is 2.61 bits per heavy atom. The monoisotopic (exact) mass is 300 g/mol. The SMILES string of the molecule is O=C(Nc1cccc(Cl)n1)c1cc(Cl)ccc1Cl. The van der Waals surface area contributed by atoms with Crippen molar-refractivity contribution in [3.05, 3.63) is 57.2 Å². The van der Waals surface area contributed by atoms with Gasteiger partial charge in [0.05, 0.1) is 10.6 Å². The Kier molecular flexibility index (Phi) is 4.07. The highest BCUT2D eigenvalue weighted by atomic mass is 35.5. The lowest BCUT2D eigenvalue weighted by Gasteiger charge is -2.06. The van der Waals surface area contributed by atoms with Gasteiger partial charge in [-0.05, 0) is 30.3 Å².